The molecule has 0 spiro atoms. The number of carbonyl (C=O) groups is 2. The molecule has 0 fully saturated rings. The van der Waals surface area contributed by atoms with Crippen molar-refractivity contribution in [1.82, 2.24) is 0 Å². The standard InChI is InChI=1S/C22H23FO2.C2H6/c1-3-21(24)19(14-16-8-6-5-7-9-16)20(22(25)4-2)15-17-10-12-18(23)13-11-17;1-2/h5-13,15,19H,3-4,14H2,1-2H3;1-2H3/b20-15+;. The van der Waals surface area contributed by atoms with E-state index >= 15 is 0 Å². The molecule has 0 aromatic heterocycles. The molecule has 144 valence electrons. The van der Waals surface area contributed by atoms with Gasteiger partial charge in [-0.05, 0) is 35.8 Å². The van der Waals surface area contributed by atoms with Crippen molar-refractivity contribution in [2.24, 2.45) is 5.92 Å². The van der Waals surface area contributed by atoms with Crippen molar-refractivity contribution < 1.29 is 14.0 Å². The lowest BCUT2D eigenvalue weighted by Crippen LogP contribution is -2.23. The highest BCUT2D eigenvalue weighted by Gasteiger charge is 2.26. The maximum absolute atomic E-state index is 13.1. The van der Waals surface area contributed by atoms with Gasteiger partial charge in [0.1, 0.15) is 11.6 Å². The Morgan fingerprint density at radius 1 is 0.926 bits per heavy atom. The minimum absolute atomic E-state index is 0.0408. The molecule has 0 aliphatic heterocycles. The van der Waals surface area contributed by atoms with Crippen LogP contribution in [0.4, 0.5) is 4.39 Å². The Bertz CT molecular complexity index is 746. The molecule has 0 radical (unpaired) electrons. The lowest BCUT2D eigenvalue weighted by Gasteiger charge is -2.18. The molecule has 0 N–H and O–H groups in total. The van der Waals surface area contributed by atoms with Gasteiger partial charge < -0.3 is 0 Å². The second kappa shape index (κ2) is 11.9. The molecule has 0 aliphatic carbocycles. The molecular weight excluding hydrogens is 339 g/mol. The average molecular weight is 368 g/mol. The number of allylic oxidation sites excluding steroid dienone is 1. The first kappa shape index (κ1) is 22.5. The quantitative estimate of drug-likeness (QED) is 0.531. The van der Waals surface area contributed by atoms with Crippen LogP contribution in [0.3, 0.4) is 0 Å². The van der Waals surface area contributed by atoms with E-state index in [1.165, 1.54) is 12.1 Å². The van der Waals surface area contributed by atoms with Crippen LogP contribution >= 0.6 is 0 Å². The molecule has 3 heteroatoms. The minimum Gasteiger partial charge on any atom is -0.299 e. The summed E-state index contributed by atoms with van der Waals surface area (Å²) >= 11 is 0. The van der Waals surface area contributed by atoms with Gasteiger partial charge in [0.25, 0.3) is 0 Å². The summed E-state index contributed by atoms with van der Waals surface area (Å²) in [6.45, 7) is 7.60. The monoisotopic (exact) mass is 368 g/mol. The first-order valence-corrected chi connectivity index (χ1v) is 9.62. The average Bonchev–Trinajstić information content (AvgIpc) is 2.73. The summed E-state index contributed by atoms with van der Waals surface area (Å²) in [4.78, 5) is 25.1. The second-order valence-electron chi connectivity index (χ2n) is 5.99. The molecule has 0 amide bonds. The van der Waals surface area contributed by atoms with Gasteiger partial charge in [-0.15, -0.1) is 0 Å². The molecule has 0 aliphatic rings. The fourth-order valence-corrected chi connectivity index (χ4v) is 2.81. The third kappa shape index (κ3) is 6.93. The van der Waals surface area contributed by atoms with E-state index in [-0.39, 0.29) is 17.4 Å². The largest absolute Gasteiger partial charge is 0.299 e. The maximum Gasteiger partial charge on any atom is 0.159 e. The van der Waals surface area contributed by atoms with Crippen LogP contribution in [0.15, 0.2) is 60.2 Å². The Morgan fingerprint density at radius 2 is 1.52 bits per heavy atom. The second-order valence-corrected chi connectivity index (χ2v) is 5.99. The molecule has 2 nitrogen and oxygen atoms in total. The number of ketones is 2. The molecule has 2 aromatic carbocycles. The van der Waals surface area contributed by atoms with Gasteiger partial charge in [-0.1, -0.05) is 70.2 Å². The predicted octanol–water partition coefficient (Wildman–Crippen LogP) is 6.05. The molecule has 0 saturated heterocycles. The van der Waals surface area contributed by atoms with Crippen molar-refractivity contribution in [2.45, 2.75) is 47.0 Å². The molecule has 27 heavy (non-hydrogen) atoms. The van der Waals surface area contributed by atoms with E-state index in [0.717, 1.165) is 11.1 Å². The zero-order chi connectivity index (χ0) is 20.2. The summed E-state index contributed by atoms with van der Waals surface area (Å²) in [5, 5.41) is 0. The third-order valence-electron chi connectivity index (χ3n) is 4.23. The van der Waals surface area contributed by atoms with Crippen LogP contribution in [-0.4, -0.2) is 11.6 Å². The Hall–Kier alpha value is -2.55. The lowest BCUT2D eigenvalue weighted by molar-refractivity contribution is -0.124. The fraction of sp³-hybridized carbons (Fsp3) is 0.333. The van der Waals surface area contributed by atoms with Gasteiger partial charge in [0.2, 0.25) is 0 Å². The van der Waals surface area contributed by atoms with Crippen LogP contribution in [-0.2, 0) is 16.0 Å². The smallest absolute Gasteiger partial charge is 0.159 e. The van der Waals surface area contributed by atoms with Crippen LogP contribution in [0, 0.1) is 11.7 Å². The third-order valence-corrected chi connectivity index (χ3v) is 4.23. The minimum atomic E-state index is -0.482. The van der Waals surface area contributed by atoms with E-state index in [1.54, 1.807) is 25.1 Å². The van der Waals surface area contributed by atoms with Crippen molar-refractivity contribution in [2.75, 3.05) is 0 Å². The molecular formula is C24H29FO2. The predicted molar refractivity (Wildman–Crippen MR) is 110 cm³/mol. The topological polar surface area (TPSA) is 34.1 Å². The Morgan fingerprint density at radius 3 is 2.04 bits per heavy atom. The summed E-state index contributed by atoms with van der Waals surface area (Å²) in [5.41, 5.74) is 2.24. The maximum atomic E-state index is 13.1. The summed E-state index contributed by atoms with van der Waals surface area (Å²) < 4.78 is 13.1. The Kier molecular flexibility index (Phi) is 9.95. The highest BCUT2D eigenvalue weighted by atomic mass is 19.1. The van der Waals surface area contributed by atoms with Crippen LogP contribution in [0.25, 0.3) is 6.08 Å². The van der Waals surface area contributed by atoms with E-state index in [1.807, 2.05) is 51.1 Å². The van der Waals surface area contributed by atoms with E-state index in [9.17, 15) is 14.0 Å². The van der Waals surface area contributed by atoms with Gasteiger partial charge in [0, 0.05) is 18.4 Å². The first-order chi connectivity index (χ1) is 13.0. The van der Waals surface area contributed by atoms with Gasteiger partial charge in [-0.25, -0.2) is 4.39 Å². The fourth-order valence-electron chi connectivity index (χ4n) is 2.81. The number of benzene rings is 2. The number of carbonyl (C=O) groups excluding carboxylic acids is 2. The molecule has 0 saturated carbocycles. The van der Waals surface area contributed by atoms with Gasteiger partial charge in [-0.3, -0.25) is 9.59 Å². The van der Waals surface area contributed by atoms with E-state index in [4.69, 9.17) is 0 Å². The summed E-state index contributed by atoms with van der Waals surface area (Å²) in [6, 6.07) is 15.6. The highest BCUT2D eigenvalue weighted by Crippen LogP contribution is 2.24. The van der Waals surface area contributed by atoms with Crippen molar-refractivity contribution in [3.8, 4) is 0 Å². The Balaban J connectivity index is 0.00000176. The highest BCUT2D eigenvalue weighted by molar-refractivity contribution is 6.05. The van der Waals surface area contributed by atoms with Gasteiger partial charge in [-0.2, -0.15) is 0 Å². The van der Waals surface area contributed by atoms with E-state index in [0.29, 0.717) is 24.8 Å². The van der Waals surface area contributed by atoms with Crippen LogP contribution in [0.2, 0.25) is 0 Å². The number of Topliss-reactive ketones (excluding diaryl/α,β-unsaturated/α-hetero) is 2. The SMILES string of the molecule is CC.CCC(=O)/C(=C/c1ccc(F)cc1)C(Cc1ccccc1)C(=O)CC. The zero-order valence-electron chi connectivity index (χ0n) is 16.7. The summed E-state index contributed by atoms with van der Waals surface area (Å²) in [7, 11) is 0. The van der Waals surface area contributed by atoms with Crippen LogP contribution in [0.5, 0.6) is 0 Å². The Labute approximate surface area is 162 Å². The van der Waals surface area contributed by atoms with Gasteiger partial charge in [0.05, 0.1) is 5.92 Å². The normalized spacial score (nSPS) is 12.0. The molecule has 2 aromatic rings. The number of rotatable bonds is 8. The van der Waals surface area contributed by atoms with E-state index in [2.05, 4.69) is 0 Å². The van der Waals surface area contributed by atoms with Crippen molar-refractivity contribution in [3.05, 3.63) is 77.1 Å². The molecule has 1 unspecified atom stereocenters. The van der Waals surface area contributed by atoms with Gasteiger partial charge in [0.15, 0.2) is 5.78 Å². The van der Waals surface area contributed by atoms with Crippen molar-refractivity contribution in [1.29, 1.82) is 0 Å². The number of hydrogen-bond donors (Lipinski definition) is 0. The first-order valence-electron chi connectivity index (χ1n) is 9.62. The summed E-state index contributed by atoms with van der Waals surface area (Å²) in [5.74, 6) is -0.818. The molecule has 1 atom stereocenters. The summed E-state index contributed by atoms with van der Waals surface area (Å²) in [6.07, 6.45) is 2.92. The van der Waals surface area contributed by atoms with Crippen molar-refractivity contribution >= 4 is 17.6 Å². The zero-order valence-corrected chi connectivity index (χ0v) is 16.7. The van der Waals surface area contributed by atoms with Crippen LogP contribution < -0.4 is 0 Å². The lowest BCUT2D eigenvalue weighted by atomic mass is 9.83. The van der Waals surface area contributed by atoms with Gasteiger partial charge >= 0.3 is 0 Å². The van der Waals surface area contributed by atoms with Crippen molar-refractivity contribution in [3.63, 3.8) is 0 Å². The number of halogens is 1. The van der Waals surface area contributed by atoms with Crippen LogP contribution in [0.1, 0.15) is 51.7 Å². The molecule has 2 rings (SSSR count). The molecule has 0 bridgehead atoms. The number of hydrogen-bond acceptors (Lipinski definition) is 2. The van der Waals surface area contributed by atoms with E-state index < -0.39 is 5.92 Å². The molecule has 0 heterocycles.